The van der Waals surface area contributed by atoms with Gasteiger partial charge in [0.15, 0.2) is 0 Å². The molecule has 0 unspecified atom stereocenters. The highest BCUT2D eigenvalue weighted by molar-refractivity contribution is 9.10. The summed E-state index contributed by atoms with van der Waals surface area (Å²) in [5.74, 6) is 0. The van der Waals surface area contributed by atoms with Gasteiger partial charge in [-0.2, -0.15) is 0 Å². The predicted molar refractivity (Wildman–Crippen MR) is 71.2 cm³/mol. The van der Waals surface area contributed by atoms with Gasteiger partial charge in [-0.3, -0.25) is 0 Å². The molecule has 0 amide bonds. The van der Waals surface area contributed by atoms with Gasteiger partial charge in [-0.1, -0.05) is 0 Å². The topological polar surface area (TPSA) is 30.5 Å². The van der Waals surface area contributed by atoms with Crippen molar-refractivity contribution in [3.05, 3.63) is 20.3 Å². The van der Waals surface area contributed by atoms with Crippen LogP contribution in [0, 0.1) is 6.92 Å². The second-order valence-corrected chi connectivity index (χ2v) is 5.59. The zero-order valence-corrected chi connectivity index (χ0v) is 12.1. The largest absolute Gasteiger partial charge is 0.382 e. The van der Waals surface area contributed by atoms with Gasteiger partial charge in [0.1, 0.15) is 0 Å². The van der Waals surface area contributed by atoms with Crippen molar-refractivity contribution in [2.24, 2.45) is 0 Å². The molecule has 0 aliphatic carbocycles. The van der Waals surface area contributed by atoms with Crippen molar-refractivity contribution in [3.63, 3.8) is 0 Å². The van der Waals surface area contributed by atoms with Gasteiger partial charge in [-0.15, -0.1) is 11.3 Å². The first kappa shape index (κ1) is 14.1. The molecule has 3 nitrogen and oxygen atoms in total. The van der Waals surface area contributed by atoms with Crippen LogP contribution in [0.15, 0.2) is 10.5 Å². The fourth-order valence-electron chi connectivity index (χ4n) is 1.21. The minimum Gasteiger partial charge on any atom is -0.382 e. The minimum atomic E-state index is 0.664. The van der Waals surface area contributed by atoms with Crippen molar-refractivity contribution in [2.75, 3.05) is 33.5 Å². The Balaban J connectivity index is 2.03. The van der Waals surface area contributed by atoms with Crippen molar-refractivity contribution in [1.82, 2.24) is 5.32 Å². The van der Waals surface area contributed by atoms with Crippen LogP contribution < -0.4 is 5.32 Å². The maximum absolute atomic E-state index is 5.35. The van der Waals surface area contributed by atoms with Crippen LogP contribution in [0.1, 0.15) is 9.75 Å². The lowest BCUT2D eigenvalue weighted by Gasteiger charge is -2.04. The minimum absolute atomic E-state index is 0.664. The average Bonchev–Trinajstić information content (AvgIpc) is 2.57. The molecule has 0 saturated heterocycles. The summed E-state index contributed by atoms with van der Waals surface area (Å²) in [4.78, 5) is 2.68. The van der Waals surface area contributed by atoms with Gasteiger partial charge < -0.3 is 14.8 Å². The molecule has 0 fully saturated rings. The van der Waals surface area contributed by atoms with E-state index in [0.29, 0.717) is 13.2 Å². The predicted octanol–water partition coefficient (Wildman–Crippen LogP) is 2.57. The summed E-state index contributed by atoms with van der Waals surface area (Å²) >= 11 is 5.33. The SMILES string of the molecule is COCCOCCNCc1cc(Br)c(C)s1. The van der Waals surface area contributed by atoms with Crippen LogP contribution in [0.2, 0.25) is 0 Å². The number of ether oxygens (including phenoxy) is 2. The summed E-state index contributed by atoms with van der Waals surface area (Å²) in [6, 6.07) is 2.17. The summed E-state index contributed by atoms with van der Waals surface area (Å²) in [6.07, 6.45) is 0. The maximum atomic E-state index is 5.35. The third kappa shape index (κ3) is 5.41. The fraction of sp³-hybridized carbons (Fsp3) is 0.636. The van der Waals surface area contributed by atoms with Gasteiger partial charge in [0.25, 0.3) is 0 Å². The first-order chi connectivity index (χ1) is 7.74. The van der Waals surface area contributed by atoms with Crippen LogP contribution in [0.3, 0.4) is 0 Å². The van der Waals surface area contributed by atoms with Crippen molar-refractivity contribution in [3.8, 4) is 0 Å². The fourth-order valence-corrected chi connectivity index (χ4v) is 2.78. The lowest BCUT2D eigenvalue weighted by molar-refractivity contribution is 0.0719. The van der Waals surface area contributed by atoms with Gasteiger partial charge in [0.05, 0.1) is 19.8 Å². The van der Waals surface area contributed by atoms with Crippen molar-refractivity contribution in [1.29, 1.82) is 0 Å². The van der Waals surface area contributed by atoms with E-state index >= 15 is 0 Å². The maximum Gasteiger partial charge on any atom is 0.0700 e. The molecule has 0 atom stereocenters. The van der Waals surface area contributed by atoms with E-state index in [1.54, 1.807) is 7.11 Å². The molecule has 0 bridgehead atoms. The number of hydrogen-bond donors (Lipinski definition) is 1. The highest BCUT2D eigenvalue weighted by atomic mass is 79.9. The van der Waals surface area contributed by atoms with Crippen LogP contribution in [0.5, 0.6) is 0 Å². The standard InChI is InChI=1S/C11H18BrNO2S/c1-9-11(12)7-10(16-9)8-13-3-4-15-6-5-14-2/h7,13H,3-6,8H2,1-2H3. The van der Waals surface area contributed by atoms with Crippen molar-refractivity contribution < 1.29 is 9.47 Å². The second kappa shape index (κ2) is 8.20. The number of thiophene rings is 1. The van der Waals surface area contributed by atoms with Crippen LogP contribution >= 0.6 is 27.3 Å². The van der Waals surface area contributed by atoms with Crippen LogP contribution in [0.25, 0.3) is 0 Å². The molecule has 92 valence electrons. The van der Waals surface area contributed by atoms with Crippen molar-refractivity contribution >= 4 is 27.3 Å². The molecule has 1 heterocycles. The molecule has 0 aromatic carbocycles. The number of hydrogen-bond acceptors (Lipinski definition) is 4. The van der Waals surface area contributed by atoms with E-state index in [1.165, 1.54) is 14.2 Å². The molecule has 1 aromatic rings. The highest BCUT2D eigenvalue weighted by Crippen LogP contribution is 2.25. The Morgan fingerprint density at radius 3 is 2.81 bits per heavy atom. The first-order valence-corrected chi connectivity index (χ1v) is 6.87. The van der Waals surface area contributed by atoms with Crippen LogP contribution in [0.4, 0.5) is 0 Å². The number of aryl methyl sites for hydroxylation is 1. The third-order valence-electron chi connectivity index (χ3n) is 2.06. The molecule has 0 aliphatic heterocycles. The van der Waals surface area contributed by atoms with Crippen LogP contribution in [-0.2, 0) is 16.0 Å². The van der Waals surface area contributed by atoms with Crippen LogP contribution in [-0.4, -0.2) is 33.5 Å². The number of rotatable bonds is 8. The monoisotopic (exact) mass is 307 g/mol. The van der Waals surface area contributed by atoms with E-state index in [9.17, 15) is 0 Å². The molecule has 5 heteroatoms. The van der Waals surface area contributed by atoms with Gasteiger partial charge in [0.2, 0.25) is 0 Å². The molecule has 1 N–H and O–H groups in total. The summed E-state index contributed by atoms with van der Waals surface area (Å²) < 4.78 is 11.4. The smallest absolute Gasteiger partial charge is 0.0700 e. The molecule has 0 radical (unpaired) electrons. The molecular formula is C11H18BrNO2S. The summed E-state index contributed by atoms with van der Waals surface area (Å²) in [5, 5.41) is 3.34. The van der Waals surface area contributed by atoms with E-state index in [1.807, 2.05) is 11.3 Å². The Hall–Kier alpha value is 0.0600. The van der Waals surface area contributed by atoms with E-state index in [0.717, 1.165) is 19.7 Å². The Morgan fingerprint density at radius 2 is 2.19 bits per heavy atom. The van der Waals surface area contributed by atoms with Crippen molar-refractivity contribution in [2.45, 2.75) is 13.5 Å². The number of halogens is 1. The molecule has 1 aromatic heterocycles. The molecule has 1 rings (SSSR count). The lowest BCUT2D eigenvalue weighted by atomic mass is 10.4. The Bertz CT molecular complexity index is 285. The number of methoxy groups -OCH3 is 1. The molecule has 16 heavy (non-hydrogen) atoms. The second-order valence-electron chi connectivity index (χ2n) is 3.40. The van der Waals surface area contributed by atoms with Gasteiger partial charge >= 0.3 is 0 Å². The van der Waals surface area contributed by atoms with Gasteiger partial charge in [-0.05, 0) is 28.9 Å². The lowest BCUT2D eigenvalue weighted by Crippen LogP contribution is -2.19. The molecule has 0 saturated carbocycles. The Kier molecular flexibility index (Phi) is 7.23. The highest BCUT2D eigenvalue weighted by Gasteiger charge is 2.01. The Morgan fingerprint density at radius 1 is 1.38 bits per heavy atom. The molecule has 0 aliphatic rings. The van der Waals surface area contributed by atoms with Gasteiger partial charge in [-0.25, -0.2) is 0 Å². The third-order valence-corrected chi connectivity index (χ3v) is 4.20. The summed E-state index contributed by atoms with van der Waals surface area (Å²) in [7, 11) is 1.68. The zero-order valence-electron chi connectivity index (χ0n) is 9.72. The summed E-state index contributed by atoms with van der Waals surface area (Å²) in [6.45, 7) is 5.96. The van der Waals surface area contributed by atoms with E-state index in [2.05, 4.69) is 34.2 Å². The van der Waals surface area contributed by atoms with Gasteiger partial charge in [0, 0.05) is 34.4 Å². The molecule has 0 spiro atoms. The quantitative estimate of drug-likeness (QED) is 0.749. The summed E-state index contributed by atoms with van der Waals surface area (Å²) in [5.41, 5.74) is 0. The normalized spacial score (nSPS) is 10.9. The van der Waals surface area contributed by atoms with E-state index in [-0.39, 0.29) is 0 Å². The first-order valence-electron chi connectivity index (χ1n) is 5.26. The van der Waals surface area contributed by atoms with E-state index in [4.69, 9.17) is 9.47 Å². The zero-order chi connectivity index (χ0) is 11.8. The molecular weight excluding hydrogens is 290 g/mol. The average molecular weight is 308 g/mol. The Labute approximate surface area is 109 Å². The van der Waals surface area contributed by atoms with E-state index < -0.39 is 0 Å². The number of nitrogens with one attached hydrogen (secondary N) is 1.